The molecular weight excluding hydrogens is 1120 g/mol. The van der Waals surface area contributed by atoms with Gasteiger partial charge in [-0.3, -0.25) is 62.7 Å². The van der Waals surface area contributed by atoms with Gasteiger partial charge in [0, 0.05) is 31.1 Å². The van der Waals surface area contributed by atoms with Crippen LogP contribution in [0.5, 0.6) is 5.75 Å². The Labute approximate surface area is 476 Å². The van der Waals surface area contributed by atoms with E-state index in [2.05, 4.69) is 37.2 Å². The zero-order valence-electron chi connectivity index (χ0n) is 45.6. The summed E-state index contributed by atoms with van der Waals surface area (Å²) in [4.78, 5) is 169. The standard InChI is InChI=1S/C49H71N13O22/c1-19(63)34(43(75)55-26-8-6-13-62(84)47(26)79)58-44(76)36(21(3)65)59-46(78)37(38(71)49(82)83)60-45(77)35(20(2)64)57-41(73)24(7-4-5-12-50)54-42(74)28(17-33(69)70)56-40(72)25-11-14-61-29-18-31(67)30(66)16-22(29)15-27(39(61)53-25)52-32(68)10-9-23(51)48(80)81/h15-16,18-21,23-26,28,34-38,53,63-66,71,84H,4-14,17,50-51H2,1-3H3,(H,52,68)(H,54,74)(H,55,75)(H,56,72)(H,57,73)(H,58,76)(H,59,78)(H,60,77)(H,69,70)(H,80,81)(H,82,83). The summed E-state index contributed by atoms with van der Waals surface area (Å²) in [5.41, 5.74) is 10.9. The third kappa shape index (κ3) is 18.4. The summed E-state index contributed by atoms with van der Waals surface area (Å²) < 4.78 is 1.49. The number of aromatic hydroxyl groups is 1. The number of aromatic nitrogens is 1. The zero-order valence-corrected chi connectivity index (χ0v) is 45.6. The van der Waals surface area contributed by atoms with E-state index in [9.17, 15) is 103 Å². The number of benzene rings is 1. The number of aliphatic carboxylic acids is 3. The number of phenols is 1. The molecule has 35 nitrogen and oxygen atoms in total. The summed E-state index contributed by atoms with van der Waals surface area (Å²) in [5, 5.41) is 112. The lowest BCUT2D eigenvalue weighted by Gasteiger charge is -2.33. The van der Waals surface area contributed by atoms with Crippen LogP contribution in [0.4, 0.5) is 11.5 Å². The quantitative estimate of drug-likeness (QED) is 0.0255. The van der Waals surface area contributed by atoms with Gasteiger partial charge in [-0.15, -0.1) is 0 Å². The van der Waals surface area contributed by atoms with Crippen LogP contribution < -0.4 is 64.7 Å². The molecule has 13 unspecified atom stereocenters. The monoisotopic (exact) mass is 1190 g/mol. The number of aliphatic hydroxyl groups excluding tert-OH is 4. The highest BCUT2D eigenvalue weighted by Gasteiger charge is 2.42. The van der Waals surface area contributed by atoms with Crippen molar-refractivity contribution in [2.75, 3.05) is 23.7 Å². The van der Waals surface area contributed by atoms with Crippen molar-refractivity contribution in [1.82, 2.24) is 46.8 Å². The average molecular weight is 1190 g/mol. The molecule has 0 saturated carbocycles. The number of nitrogens with zero attached hydrogens (tertiary/aromatic N) is 2. The normalized spacial score (nSPS) is 18.8. The maximum atomic E-state index is 14.0. The second kappa shape index (κ2) is 30.6. The number of nitrogens with two attached hydrogens (primary N) is 2. The number of piperidine rings is 1. The third-order valence-corrected chi connectivity index (χ3v) is 13.4. The SMILES string of the molecule is CC(O)C(NC(=O)C(CCCCN)NC(=O)C(CC(=O)O)NC(=O)C1CCn2c3cc(=O)c(O)cc-3cc(NC(=O)CCC(N)C(=O)O)c2N1)C(=O)NC(C(=O)NC(C(=O)NC(C(=O)NC1CCCN(O)C1=O)C(C)O)C(C)O)C(O)C(=O)O. The molecule has 0 aromatic heterocycles. The Kier molecular flexibility index (Phi) is 24.7. The third-order valence-electron chi connectivity index (χ3n) is 13.4. The minimum Gasteiger partial charge on any atom is -0.504 e. The van der Waals surface area contributed by atoms with Gasteiger partial charge in [-0.25, -0.2) is 9.86 Å². The summed E-state index contributed by atoms with van der Waals surface area (Å²) >= 11 is 0. The summed E-state index contributed by atoms with van der Waals surface area (Å²) in [6.07, 6.45) is -9.94. The van der Waals surface area contributed by atoms with Crippen molar-refractivity contribution in [2.24, 2.45) is 11.5 Å². The molecule has 1 fully saturated rings. The molecule has 0 radical (unpaired) electrons. The van der Waals surface area contributed by atoms with Gasteiger partial charge in [-0.05, 0) is 84.4 Å². The van der Waals surface area contributed by atoms with E-state index in [0.717, 1.165) is 32.9 Å². The summed E-state index contributed by atoms with van der Waals surface area (Å²) in [5.74, 6) is -16.7. The smallest absolute Gasteiger partial charge is 0.335 e. The lowest BCUT2D eigenvalue weighted by atomic mass is 10.0. The summed E-state index contributed by atoms with van der Waals surface area (Å²) in [6.45, 7) is 2.90. The van der Waals surface area contributed by atoms with Crippen molar-refractivity contribution < 1.29 is 104 Å². The predicted molar refractivity (Wildman–Crippen MR) is 285 cm³/mol. The van der Waals surface area contributed by atoms with Gasteiger partial charge in [0.2, 0.25) is 52.7 Å². The molecule has 22 N–H and O–H groups in total. The van der Waals surface area contributed by atoms with Crippen molar-refractivity contribution in [3.63, 3.8) is 0 Å². The first-order chi connectivity index (χ1) is 39.4. The number of hydroxylamine groups is 2. The first-order valence-electron chi connectivity index (χ1n) is 26.3. The fourth-order valence-corrected chi connectivity index (χ4v) is 8.78. The van der Waals surface area contributed by atoms with Crippen LogP contribution in [0.25, 0.3) is 11.3 Å². The highest BCUT2D eigenvalue weighted by molar-refractivity contribution is 6.01. The van der Waals surface area contributed by atoms with Crippen molar-refractivity contribution in [2.45, 2.75) is 164 Å². The number of pyridine rings is 1. The minimum absolute atomic E-state index is 0.0147. The van der Waals surface area contributed by atoms with Crippen molar-refractivity contribution in [3.8, 4) is 17.0 Å². The number of carbonyl (C=O) groups excluding carboxylic acids is 9. The summed E-state index contributed by atoms with van der Waals surface area (Å²) in [6, 6.07) is -12.9. The number of fused-ring (bicyclic) bond motifs is 3. The fourth-order valence-electron chi connectivity index (χ4n) is 8.78. The van der Waals surface area contributed by atoms with Crippen LogP contribution in [-0.4, -0.2) is 219 Å². The predicted octanol–water partition coefficient (Wildman–Crippen LogP) is -7.43. The molecule has 35 heteroatoms. The molecule has 84 heavy (non-hydrogen) atoms. The minimum atomic E-state index is -2.86. The maximum absolute atomic E-state index is 14.0. The highest BCUT2D eigenvalue weighted by Crippen LogP contribution is 2.37. The van der Waals surface area contributed by atoms with Crippen LogP contribution in [-0.2, 0) is 64.1 Å². The largest absolute Gasteiger partial charge is 0.504 e. The Balaban J connectivity index is 1.54. The second-order valence-electron chi connectivity index (χ2n) is 20.1. The number of hydrogen-bond acceptors (Lipinski definition) is 22. The molecule has 0 aromatic carbocycles. The van der Waals surface area contributed by atoms with E-state index in [-0.39, 0.29) is 93.8 Å². The van der Waals surface area contributed by atoms with Gasteiger partial charge >= 0.3 is 17.9 Å². The molecule has 3 heterocycles. The topological polar surface area (TPSA) is 572 Å². The Bertz CT molecular complexity index is 2830. The van der Waals surface area contributed by atoms with Gasteiger partial charge in [-0.1, -0.05) is 0 Å². The number of carboxylic acids is 3. The van der Waals surface area contributed by atoms with E-state index in [1.54, 1.807) is 0 Å². The molecule has 13 atom stereocenters. The molecule has 1 saturated heterocycles. The number of aliphatic hydroxyl groups is 4. The fraction of sp³-hybridized carbons (Fsp3) is 0.571. The van der Waals surface area contributed by atoms with Crippen LogP contribution in [0.2, 0.25) is 0 Å². The van der Waals surface area contributed by atoms with E-state index in [4.69, 9.17) is 16.6 Å². The van der Waals surface area contributed by atoms with Gasteiger partial charge < -0.3 is 105 Å². The van der Waals surface area contributed by atoms with Gasteiger partial charge in [0.15, 0.2) is 11.9 Å². The lowest BCUT2D eigenvalue weighted by Crippen LogP contribution is -2.66. The molecule has 4 aliphatic rings. The highest BCUT2D eigenvalue weighted by atomic mass is 16.5. The Morgan fingerprint density at radius 2 is 1.24 bits per heavy atom. The number of hydrogen-bond donors (Lipinski definition) is 20. The van der Waals surface area contributed by atoms with Crippen molar-refractivity contribution >= 4 is 82.6 Å². The molecule has 464 valence electrons. The molecule has 0 aromatic rings. The number of carboxylic acid groups (broad SMARTS) is 3. The van der Waals surface area contributed by atoms with E-state index in [1.165, 1.54) is 10.6 Å². The number of nitrogens with one attached hydrogen (secondary N) is 9. The van der Waals surface area contributed by atoms with Crippen LogP contribution in [0.15, 0.2) is 23.0 Å². The molecule has 4 rings (SSSR count). The summed E-state index contributed by atoms with van der Waals surface area (Å²) in [7, 11) is 0. The van der Waals surface area contributed by atoms with Gasteiger partial charge in [0.1, 0.15) is 60.2 Å². The molecule has 9 amide bonds. The van der Waals surface area contributed by atoms with Gasteiger partial charge in [0.05, 0.1) is 36.1 Å². The van der Waals surface area contributed by atoms with Crippen LogP contribution in [0, 0.1) is 0 Å². The molecular formula is C49H71N13O22. The average Bonchev–Trinajstić information content (AvgIpc) is 1.51. The first-order valence-corrected chi connectivity index (χ1v) is 26.3. The van der Waals surface area contributed by atoms with Crippen molar-refractivity contribution in [3.05, 3.63) is 28.4 Å². The van der Waals surface area contributed by atoms with Crippen LogP contribution in [0.3, 0.4) is 0 Å². The Morgan fingerprint density at radius 3 is 1.80 bits per heavy atom. The molecule has 0 spiro atoms. The Hall–Kier alpha value is -8.61. The number of carbonyl (C=O) groups is 12. The van der Waals surface area contributed by atoms with Crippen LogP contribution >= 0.6 is 0 Å². The maximum Gasteiger partial charge on any atom is 0.335 e. The molecule has 0 bridgehead atoms. The number of rotatable bonds is 30. The first kappa shape index (κ1) is 67.9. The van der Waals surface area contributed by atoms with E-state index >= 15 is 0 Å². The number of anilines is 2. The van der Waals surface area contributed by atoms with E-state index in [0.29, 0.717) is 5.06 Å². The molecule has 3 aliphatic heterocycles. The lowest BCUT2D eigenvalue weighted by molar-refractivity contribution is -0.173. The van der Waals surface area contributed by atoms with Crippen LogP contribution in [0.1, 0.15) is 78.6 Å². The number of phenolic OH excluding ortho intramolecular Hbond substituents is 1. The van der Waals surface area contributed by atoms with Gasteiger partial charge in [0.25, 0.3) is 5.91 Å². The van der Waals surface area contributed by atoms with E-state index in [1.807, 2.05) is 10.6 Å². The number of unbranched alkanes of at least 4 members (excludes halogenated alkanes) is 1. The second-order valence-corrected chi connectivity index (χ2v) is 20.1. The molecule has 1 aliphatic carbocycles. The van der Waals surface area contributed by atoms with Crippen molar-refractivity contribution in [1.29, 1.82) is 0 Å². The zero-order chi connectivity index (χ0) is 63.0. The Morgan fingerprint density at radius 1 is 0.679 bits per heavy atom. The van der Waals surface area contributed by atoms with Gasteiger partial charge in [-0.2, -0.15) is 0 Å². The van der Waals surface area contributed by atoms with E-state index < -0.39 is 167 Å². The number of amides is 9.